The lowest BCUT2D eigenvalue weighted by Crippen LogP contribution is -1.90. The highest BCUT2D eigenvalue weighted by Crippen LogP contribution is 2.14. The molecule has 3 nitrogen and oxygen atoms in total. The number of nitrogen functional groups attached to an aromatic ring is 1. The van der Waals surface area contributed by atoms with E-state index in [1.54, 1.807) is 0 Å². The molecule has 0 saturated heterocycles. The van der Waals surface area contributed by atoms with Gasteiger partial charge in [-0.05, 0) is 11.6 Å². The van der Waals surface area contributed by atoms with Gasteiger partial charge in [0.15, 0.2) is 5.15 Å². The van der Waals surface area contributed by atoms with Gasteiger partial charge in [0, 0.05) is 0 Å². The quantitative estimate of drug-likeness (QED) is 0.466. The third-order valence-corrected chi connectivity index (χ3v) is 1.14. The van der Waals surface area contributed by atoms with E-state index in [2.05, 4.69) is 9.97 Å². The summed E-state index contributed by atoms with van der Waals surface area (Å²) in [5.74, 6) is 0. The van der Waals surface area contributed by atoms with Crippen LogP contribution < -0.4 is 5.73 Å². The van der Waals surface area contributed by atoms with E-state index in [-0.39, 0.29) is 22.3 Å². The fourth-order valence-electron chi connectivity index (χ4n) is 0.319. The van der Waals surface area contributed by atoms with Gasteiger partial charge in [0.1, 0.15) is 0 Å². The van der Waals surface area contributed by atoms with Crippen molar-refractivity contribution in [3.63, 3.8) is 0 Å². The van der Waals surface area contributed by atoms with Gasteiger partial charge in [-0.2, -0.15) is 0 Å². The van der Waals surface area contributed by atoms with Crippen LogP contribution in [0.25, 0.3) is 0 Å². The Bertz CT molecular complexity index is 242. The van der Waals surface area contributed by atoms with Gasteiger partial charge in [0.05, 0.1) is 13.2 Å². The molecule has 5 heteroatoms. The Labute approximate surface area is 63.2 Å². The number of aromatic nitrogens is 2. The first-order valence-electron chi connectivity index (χ1n) is 2.56. The minimum Gasteiger partial charge on any atom is -0.395 e. The molecule has 2 N–H and O–H groups in total. The first kappa shape index (κ1) is 5.26. The van der Waals surface area contributed by atoms with Crippen LogP contribution >= 0.6 is 23.2 Å². The summed E-state index contributed by atoms with van der Waals surface area (Å²) in [7, 11) is 0. The van der Waals surface area contributed by atoms with Crippen molar-refractivity contribution < 1.29 is 1.37 Å². The maximum atomic E-state index is 7.06. The van der Waals surface area contributed by atoms with E-state index in [0.717, 1.165) is 0 Å². The molecule has 0 fully saturated rings. The summed E-state index contributed by atoms with van der Waals surface area (Å²) in [6, 6.07) is 0. The summed E-state index contributed by atoms with van der Waals surface area (Å²) in [6.45, 7) is 0. The van der Waals surface area contributed by atoms with Crippen LogP contribution in [-0.2, 0) is 0 Å². The molecular weight excluding hydrogens is 161 g/mol. The summed E-state index contributed by atoms with van der Waals surface area (Å²) in [4.78, 5) is 6.95. The SMILES string of the molecule is [2H]c1nc(Cl)nc(Cl)c1N. The molecule has 1 heterocycles. The second-order valence-electron chi connectivity index (χ2n) is 1.31. The van der Waals surface area contributed by atoms with Crippen molar-refractivity contribution in [2.75, 3.05) is 5.73 Å². The molecule has 0 atom stereocenters. The molecule has 1 aromatic rings. The molecule has 1 aromatic heterocycles. The average Bonchev–Trinajstić information content (AvgIpc) is 1.82. The first-order chi connectivity index (χ1) is 4.61. The Morgan fingerprint density at radius 1 is 1.67 bits per heavy atom. The van der Waals surface area contributed by atoms with Gasteiger partial charge < -0.3 is 5.73 Å². The molecule has 0 unspecified atom stereocenters. The van der Waals surface area contributed by atoms with E-state index in [1.807, 2.05) is 0 Å². The highest BCUT2D eigenvalue weighted by atomic mass is 35.5. The molecule has 9 heavy (non-hydrogen) atoms. The number of rotatable bonds is 0. The van der Waals surface area contributed by atoms with Crippen LogP contribution in [0.5, 0.6) is 0 Å². The predicted molar refractivity (Wildman–Crippen MR) is 36.5 cm³/mol. The van der Waals surface area contributed by atoms with Crippen molar-refractivity contribution in [2.24, 2.45) is 0 Å². The third kappa shape index (κ3) is 1.43. The predicted octanol–water partition coefficient (Wildman–Crippen LogP) is 1.37. The van der Waals surface area contributed by atoms with Crippen LogP contribution in [-0.4, -0.2) is 9.97 Å². The van der Waals surface area contributed by atoms with Crippen LogP contribution in [0, 0.1) is 0 Å². The largest absolute Gasteiger partial charge is 0.395 e. The maximum absolute atomic E-state index is 7.06. The second-order valence-corrected chi connectivity index (χ2v) is 2.01. The van der Waals surface area contributed by atoms with E-state index in [0.29, 0.717) is 0 Å². The molecular formula is C4H3Cl2N3. The van der Waals surface area contributed by atoms with Gasteiger partial charge in [-0.1, -0.05) is 11.6 Å². The molecule has 0 radical (unpaired) electrons. The molecule has 0 aliphatic heterocycles. The van der Waals surface area contributed by atoms with Crippen molar-refractivity contribution >= 4 is 28.9 Å². The zero-order valence-electron chi connectivity index (χ0n) is 5.23. The van der Waals surface area contributed by atoms with Crippen molar-refractivity contribution in [1.29, 1.82) is 0 Å². The van der Waals surface area contributed by atoms with Gasteiger partial charge in [-0.3, -0.25) is 0 Å². The number of nitrogens with zero attached hydrogens (tertiary/aromatic N) is 2. The number of hydrogen-bond acceptors (Lipinski definition) is 3. The molecule has 48 valence electrons. The fourth-order valence-corrected chi connectivity index (χ4v) is 0.611. The smallest absolute Gasteiger partial charge is 0.223 e. The van der Waals surface area contributed by atoms with Crippen LogP contribution in [0.15, 0.2) is 6.17 Å². The first-order valence-corrected chi connectivity index (χ1v) is 2.82. The number of hydrogen-bond donors (Lipinski definition) is 1. The fraction of sp³-hybridized carbons (Fsp3) is 0. The molecule has 0 aliphatic rings. The summed E-state index contributed by atoms with van der Waals surface area (Å²) in [6.07, 6.45) is -0.148. The number of halogens is 2. The summed E-state index contributed by atoms with van der Waals surface area (Å²) >= 11 is 10.8. The second kappa shape index (κ2) is 2.37. The summed E-state index contributed by atoms with van der Waals surface area (Å²) in [5.41, 5.74) is 5.29. The van der Waals surface area contributed by atoms with E-state index in [1.165, 1.54) is 0 Å². The molecule has 0 aliphatic carbocycles. The highest BCUT2D eigenvalue weighted by molar-refractivity contribution is 6.33. The lowest BCUT2D eigenvalue weighted by molar-refractivity contribution is 1.17. The van der Waals surface area contributed by atoms with Crippen molar-refractivity contribution in [1.82, 2.24) is 9.97 Å². The Morgan fingerprint density at radius 3 is 2.89 bits per heavy atom. The van der Waals surface area contributed by atoms with E-state index in [9.17, 15) is 0 Å². The summed E-state index contributed by atoms with van der Waals surface area (Å²) in [5, 5.41) is -0.0470. The molecule has 1 rings (SSSR count). The Balaban J connectivity index is 3.31. The van der Waals surface area contributed by atoms with Crippen LogP contribution in [0.2, 0.25) is 10.4 Å². The topological polar surface area (TPSA) is 51.8 Å². The van der Waals surface area contributed by atoms with Crippen LogP contribution in [0.4, 0.5) is 5.69 Å². The minimum absolute atomic E-state index is 0.0185. The van der Waals surface area contributed by atoms with Crippen LogP contribution in [0.3, 0.4) is 0 Å². The molecule has 0 saturated carbocycles. The van der Waals surface area contributed by atoms with E-state index >= 15 is 0 Å². The summed E-state index contributed by atoms with van der Waals surface area (Å²) < 4.78 is 7.06. The molecule has 0 spiro atoms. The monoisotopic (exact) mass is 164 g/mol. The lowest BCUT2D eigenvalue weighted by Gasteiger charge is -1.92. The standard InChI is InChI=1S/C4H3Cl2N3/c5-3-2(7)1-8-4(6)9-3/h1H,7H2/i1D. The van der Waals surface area contributed by atoms with Crippen molar-refractivity contribution in [3.05, 3.63) is 16.6 Å². The minimum atomic E-state index is -0.148. The van der Waals surface area contributed by atoms with Gasteiger partial charge >= 0.3 is 0 Å². The Kier molecular flexibility index (Phi) is 1.39. The van der Waals surface area contributed by atoms with Crippen LogP contribution in [0.1, 0.15) is 1.37 Å². The molecule has 0 aromatic carbocycles. The van der Waals surface area contributed by atoms with Crippen molar-refractivity contribution in [2.45, 2.75) is 0 Å². The van der Waals surface area contributed by atoms with Gasteiger partial charge in [-0.25, -0.2) is 9.97 Å². The molecule has 0 amide bonds. The van der Waals surface area contributed by atoms with Crippen molar-refractivity contribution in [3.8, 4) is 0 Å². The lowest BCUT2D eigenvalue weighted by atomic mass is 10.6. The molecule has 0 bridgehead atoms. The van der Waals surface area contributed by atoms with Gasteiger partial charge in [-0.15, -0.1) is 0 Å². The zero-order chi connectivity index (χ0) is 7.72. The van der Waals surface area contributed by atoms with Gasteiger partial charge in [0.2, 0.25) is 5.28 Å². The highest BCUT2D eigenvalue weighted by Gasteiger charge is 1.96. The number of anilines is 1. The maximum Gasteiger partial charge on any atom is 0.223 e. The third-order valence-electron chi connectivity index (χ3n) is 0.681. The van der Waals surface area contributed by atoms with E-state index < -0.39 is 0 Å². The number of nitrogens with two attached hydrogens (primary N) is 1. The average molecular weight is 165 g/mol. The van der Waals surface area contributed by atoms with E-state index in [4.69, 9.17) is 30.3 Å². The Hall–Kier alpha value is -0.540. The zero-order valence-corrected chi connectivity index (χ0v) is 5.74. The Morgan fingerprint density at radius 2 is 2.33 bits per heavy atom. The normalized spacial score (nSPS) is 11.1. The van der Waals surface area contributed by atoms with Gasteiger partial charge in [0.25, 0.3) is 0 Å².